The number of rotatable bonds is 4. The average Bonchev–Trinajstić information content (AvgIpc) is 3.42. The first-order valence-electron chi connectivity index (χ1n) is 9.51. The second kappa shape index (κ2) is 8.46. The van der Waals surface area contributed by atoms with Crippen molar-refractivity contribution in [1.29, 1.82) is 0 Å². The van der Waals surface area contributed by atoms with E-state index in [9.17, 15) is 9.59 Å². The van der Waals surface area contributed by atoms with Gasteiger partial charge in [0.2, 0.25) is 5.89 Å². The number of amides is 2. The first-order chi connectivity index (χ1) is 15.1. The summed E-state index contributed by atoms with van der Waals surface area (Å²) >= 11 is 0. The Morgan fingerprint density at radius 3 is 2.75 bits per heavy atom. The molecule has 4 aromatic rings. The van der Waals surface area contributed by atoms with Crippen molar-refractivity contribution in [2.75, 3.05) is 18.6 Å². The monoisotopic (exact) mass is 435 g/mol. The first-order valence-corrected chi connectivity index (χ1v) is 9.51. The van der Waals surface area contributed by atoms with Gasteiger partial charge in [-0.25, -0.2) is 0 Å². The van der Waals surface area contributed by atoms with Crippen LogP contribution in [-0.4, -0.2) is 57.1 Å². The molecule has 0 radical (unpaired) electrons. The number of anilines is 1. The van der Waals surface area contributed by atoms with Crippen LogP contribution in [0.25, 0.3) is 11.0 Å². The molecule has 0 bridgehead atoms. The van der Waals surface area contributed by atoms with Crippen molar-refractivity contribution >= 4 is 28.5 Å². The lowest BCUT2D eigenvalue weighted by atomic mass is 10.1. The summed E-state index contributed by atoms with van der Waals surface area (Å²) in [5.41, 5.74) is 2.72. The molecule has 5 rings (SSSR count). The van der Waals surface area contributed by atoms with Crippen molar-refractivity contribution in [2.45, 2.75) is 19.9 Å². The maximum Gasteiger partial charge on any atom is 0.293 e. The number of benzene rings is 2. The third kappa shape index (κ3) is 3.87. The van der Waals surface area contributed by atoms with E-state index in [1.165, 1.54) is 4.90 Å². The standard InChI is InChI=1S/C20H17N7O4.CH4/c1-27-15-8-12-13(24-26-23-12)9-16(15)30-10-14(20(27)29)21-19(28)18-22-17(31-25-18)7-11-5-3-2-4-6-11;/h2-6,8-9,14H,7,10H2,1H3,(H,21,28)(H,23,24,26);1H4/t14-;/m0./s1. The maximum atomic E-state index is 12.9. The Labute approximate surface area is 182 Å². The van der Waals surface area contributed by atoms with Crippen LogP contribution in [0, 0.1) is 0 Å². The van der Waals surface area contributed by atoms with Crippen LogP contribution in [-0.2, 0) is 11.2 Å². The molecule has 1 aliphatic rings. The number of hydrogen-bond acceptors (Lipinski definition) is 8. The molecule has 2 amide bonds. The highest BCUT2D eigenvalue weighted by molar-refractivity contribution is 6.03. The highest BCUT2D eigenvalue weighted by Crippen LogP contribution is 2.33. The molecule has 164 valence electrons. The molecule has 1 aliphatic heterocycles. The number of likely N-dealkylation sites (N-methyl/N-ethyl adjacent to an activating group) is 1. The van der Waals surface area contributed by atoms with Crippen molar-refractivity contribution in [3.8, 4) is 5.75 Å². The van der Waals surface area contributed by atoms with Gasteiger partial charge in [0.25, 0.3) is 17.6 Å². The van der Waals surface area contributed by atoms with Crippen molar-refractivity contribution in [3.05, 3.63) is 59.7 Å². The Hall–Kier alpha value is -4.28. The molecule has 2 aromatic heterocycles. The smallest absolute Gasteiger partial charge is 0.293 e. The first kappa shape index (κ1) is 21.0. The van der Waals surface area contributed by atoms with Crippen LogP contribution in [0.4, 0.5) is 5.69 Å². The number of aromatic nitrogens is 5. The fourth-order valence-electron chi connectivity index (χ4n) is 3.35. The summed E-state index contributed by atoms with van der Waals surface area (Å²) in [6, 6.07) is 12.0. The Morgan fingerprint density at radius 1 is 1.22 bits per heavy atom. The molecule has 0 spiro atoms. The second-order valence-corrected chi connectivity index (χ2v) is 7.04. The van der Waals surface area contributed by atoms with Crippen LogP contribution in [0.2, 0.25) is 0 Å². The number of hydrogen-bond donors (Lipinski definition) is 2. The van der Waals surface area contributed by atoms with Gasteiger partial charge in [0.05, 0.1) is 12.1 Å². The van der Waals surface area contributed by atoms with Gasteiger partial charge in [0.1, 0.15) is 29.4 Å². The fraction of sp³-hybridized carbons (Fsp3) is 0.238. The highest BCUT2D eigenvalue weighted by Gasteiger charge is 2.32. The molecule has 0 saturated heterocycles. The average molecular weight is 435 g/mol. The third-order valence-corrected chi connectivity index (χ3v) is 4.97. The van der Waals surface area contributed by atoms with Crippen molar-refractivity contribution < 1.29 is 18.8 Å². The topological polar surface area (TPSA) is 139 Å². The van der Waals surface area contributed by atoms with Crippen molar-refractivity contribution in [1.82, 2.24) is 30.9 Å². The van der Waals surface area contributed by atoms with E-state index in [0.717, 1.165) is 5.56 Å². The molecule has 2 N–H and O–H groups in total. The number of carbonyl (C=O) groups excluding carboxylic acids is 2. The Balaban J connectivity index is 0.00000245. The zero-order valence-electron chi connectivity index (χ0n) is 16.4. The van der Waals surface area contributed by atoms with E-state index < -0.39 is 11.9 Å². The van der Waals surface area contributed by atoms with Gasteiger partial charge in [-0.1, -0.05) is 42.9 Å². The van der Waals surface area contributed by atoms with Gasteiger partial charge in [-0.05, 0) is 11.6 Å². The minimum atomic E-state index is -0.928. The molecule has 1 atom stereocenters. The minimum absolute atomic E-state index is 0. The lowest BCUT2D eigenvalue weighted by Gasteiger charge is -2.19. The summed E-state index contributed by atoms with van der Waals surface area (Å²) < 4.78 is 10.9. The largest absolute Gasteiger partial charge is 0.489 e. The van der Waals surface area contributed by atoms with Crippen molar-refractivity contribution in [3.63, 3.8) is 0 Å². The number of H-pyrrole nitrogens is 1. The Bertz CT molecular complexity index is 1270. The van der Waals surface area contributed by atoms with Crippen molar-refractivity contribution in [2.24, 2.45) is 0 Å². The van der Waals surface area contributed by atoms with Crippen LogP contribution in [0.5, 0.6) is 5.75 Å². The van der Waals surface area contributed by atoms with Crippen LogP contribution >= 0.6 is 0 Å². The third-order valence-electron chi connectivity index (χ3n) is 4.97. The summed E-state index contributed by atoms with van der Waals surface area (Å²) in [7, 11) is 1.60. The molecule has 0 fully saturated rings. The fourth-order valence-corrected chi connectivity index (χ4v) is 3.35. The molecule has 11 heteroatoms. The summed E-state index contributed by atoms with van der Waals surface area (Å²) in [6.07, 6.45) is 0.403. The lowest BCUT2D eigenvalue weighted by Crippen LogP contribution is -2.49. The number of nitrogens with one attached hydrogen (secondary N) is 2. The molecule has 11 nitrogen and oxygen atoms in total. The molecule has 3 heterocycles. The van der Waals surface area contributed by atoms with Gasteiger partial charge in [-0.2, -0.15) is 20.4 Å². The Morgan fingerprint density at radius 2 is 1.97 bits per heavy atom. The van der Waals surface area contributed by atoms with Gasteiger partial charge >= 0.3 is 0 Å². The van der Waals surface area contributed by atoms with E-state index in [1.54, 1.807) is 19.2 Å². The van der Waals surface area contributed by atoms with E-state index in [2.05, 4.69) is 30.9 Å². The number of ether oxygens (including phenoxy) is 1. The molecule has 32 heavy (non-hydrogen) atoms. The van der Waals surface area contributed by atoms with Crippen LogP contribution in [0.3, 0.4) is 0 Å². The predicted octanol–water partition coefficient (Wildman–Crippen LogP) is 1.72. The maximum absolute atomic E-state index is 12.9. The molecular formula is C21H21N7O4. The van der Waals surface area contributed by atoms with Gasteiger partial charge in [-0.3, -0.25) is 9.59 Å². The van der Waals surface area contributed by atoms with Gasteiger partial charge < -0.3 is 19.5 Å². The summed E-state index contributed by atoms with van der Waals surface area (Å²) in [4.78, 5) is 31.1. The SMILES string of the molecule is C.CN1C(=O)[C@@H](NC(=O)c2noc(Cc3ccccc3)n2)COc2cc3n[nH]nc3cc21. The molecular weight excluding hydrogens is 414 g/mol. The van der Waals surface area contributed by atoms with E-state index in [-0.39, 0.29) is 25.8 Å². The minimum Gasteiger partial charge on any atom is -0.489 e. The van der Waals surface area contributed by atoms with Crippen LogP contribution in [0.1, 0.15) is 29.5 Å². The zero-order chi connectivity index (χ0) is 21.4. The normalized spacial score (nSPS) is 15.5. The number of aromatic amines is 1. The number of carbonyl (C=O) groups is 2. The van der Waals surface area contributed by atoms with E-state index in [1.807, 2.05) is 30.3 Å². The van der Waals surface area contributed by atoms with Gasteiger partial charge in [0.15, 0.2) is 0 Å². The summed E-state index contributed by atoms with van der Waals surface area (Å²) in [5, 5.41) is 16.9. The van der Waals surface area contributed by atoms with E-state index in [0.29, 0.717) is 34.8 Å². The number of fused-ring (bicyclic) bond motifs is 2. The zero-order valence-corrected chi connectivity index (χ0v) is 16.4. The van der Waals surface area contributed by atoms with Crippen LogP contribution in [0.15, 0.2) is 47.0 Å². The molecule has 0 aliphatic carbocycles. The summed E-state index contributed by atoms with van der Waals surface area (Å²) in [6.45, 7) is -0.0556. The van der Waals surface area contributed by atoms with E-state index >= 15 is 0 Å². The molecule has 2 aromatic carbocycles. The van der Waals surface area contributed by atoms with Gasteiger partial charge in [-0.15, -0.1) is 0 Å². The Kier molecular flexibility index (Phi) is 5.54. The van der Waals surface area contributed by atoms with Gasteiger partial charge in [0, 0.05) is 13.1 Å². The summed E-state index contributed by atoms with van der Waals surface area (Å²) in [5.74, 6) is -0.339. The quantitative estimate of drug-likeness (QED) is 0.494. The second-order valence-electron chi connectivity index (χ2n) is 7.04. The van der Waals surface area contributed by atoms with Crippen LogP contribution < -0.4 is 15.0 Å². The lowest BCUT2D eigenvalue weighted by molar-refractivity contribution is -0.120. The predicted molar refractivity (Wildman–Crippen MR) is 114 cm³/mol. The number of nitrogens with zero attached hydrogens (tertiary/aromatic N) is 5. The molecule has 0 unspecified atom stereocenters. The highest BCUT2D eigenvalue weighted by atomic mass is 16.5. The van der Waals surface area contributed by atoms with E-state index in [4.69, 9.17) is 9.26 Å². The molecule has 0 saturated carbocycles.